The molecule has 1 aliphatic heterocycles. The van der Waals surface area contributed by atoms with E-state index in [1.165, 1.54) is 18.2 Å². The van der Waals surface area contributed by atoms with Crippen molar-refractivity contribution in [2.75, 3.05) is 0 Å². The van der Waals surface area contributed by atoms with Crippen LogP contribution >= 0.6 is 0 Å². The summed E-state index contributed by atoms with van der Waals surface area (Å²) in [5, 5.41) is 10.2. The standard InChI is InChI=1S/C13H8O3/c14-10-3-1-8-5-9-2-4-11(15)7-13(9)16-12(8)6-10/h1-7,14H. The van der Waals surface area contributed by atoms with Crippen LogP contribution < -0.4 is 5.43 Å². The predicted octanol–water partition coefficient (Wildman–Crippen LogP) is 2.60. The maximum Gasteiger partial charge on any atom is 0.182 e. The number of fused-ring (bicyclic) bond motifs is 2. The van der Waals surface area contributed by atoms with Crippen molar-refractivity contribution in [3.63, 3.8) is 0 Å². The third kappa shape index (κ3) is 1.34. The van der Waals surface area contributed by atoms with Gasteiger partial charge in [-0.25, -0.2) is 0 Å². The number of aromatic hydroxyl groups is 1. The summed E-state index contributed by atoms with van der Waals surface area (Å²) in [6, 6.07) is 11.5. The number of hydrogen-bond acceptors (Lipinski definition) is 3. The minimum Gasteiger partial charge on any atom is -0.508 e. The number of benzene rings is 2. The molecule has 0 aromatic heterocycles. The Morgan fingerprint density at radius 1 is 1.00 bits per heavy atom. The molecule has 0 saturated heterocycles. The molecule has 0 spiro atoms. The molecular formula is C13H8O3. The van der Waals surface area contributed by atoms with E-state index in [0.717, 1.165) is 10.9 Å². The van der Waals surface area contributed by atoms with Crippen LogP contribution in [0.3, 0.4) is 0 Å². The minimum atomic E-state index is -0.0873. The van der Waals surface area contributed by atoms with E-state index in [-0.39, 0.29) is 11.2 Å². The third-order valence-electron chi connectivity index (χ3n) is 2.51. The molecular weight excluding hydrogens is 204 g/mol. The van der Waals surface area contributed by atoms with E-state index in [0.29, 0.717) is 11.3 Å². The molecule has 0 atom stereocenters. The fourth-order valence-corrected chi connectivity index (χ4v) is 1.74. The van der Waals surface area contributed by atoms with Crippen molar-refractivity contribution >= 4 is 11.0 Å². The predicted molar refractivity (Wildman–Crippen MR) is 60.8 cm³/mol. The van der Waals surface area contributed by atoms with Crippen molar-refractivity contribution in [2.24, 2.45) is 0 Å². The van der Waals surface area contributed by atoms with E-state index in [4.69, 9.17) is 4.42 Å². The first-order valence-electron chi connectivity index (χ1n) is 4.89. The molecule has 3 rings (SSSR count). The van der Waals surface area contributed by atoms with Gasteiger partial charge in [0.1, 0.15) is 17.1 Å². The highest BCUT2D eigenvalue weighted by atomic mass is 16.3. The van der Waals surface area contributed by atoms with Crippen molar-refractivity contribution in [2.45, 2.75) is 0 Å². The Kier molecular flexibility index (Phi) is 1.74. The monoisotopic (exact) mass is 212 g/mol. The molecule has 0 fully saturated rings. The van der Waals surface area contributed by atoms with Crippen LogP contribution in [0.15, 0.2) is 51.7 Å². The van der Waals surface area contributed by atoms with Crippen LogP contribution in [0, 0.1) is 0 Å². The average molecular weight is 212 g/mol. The molecule has 3 nitrogen and oxygen atoms in total. The van der Waals surface area contributed by atoms with Gasteiger partial charge in [0.15, 0.2) is 5.43 Å². The van der Waals surface area contributed by atoms with Gasteiger partial charge in [0.05, 0.1) is 0 Å². The second kappa shape index (κ2) is 3.10. The summed E-state index contributed by atoms with van der Waals surface area (Å²) in [5.41, 5.74) is 1.35. The van der Waals surface area contributed by atoms with Gasteiger partial charge in [-0.2, -0.15) is 0 Å². The zero-order valence-corrected chi connectivity index (χ0v) is 8.31. The van der Waals surface area contributed by atoms with Crippen LogP contribution in [-0.4, -0.2) is 5.11 Å². The Morgan fingerprint density at radius 2 is 1.88 bits per heavy atom. The highest BCUT2D eigenvalue weighted by Crippen LogP contribution is 2.28. The van der Waals surface area contributed by atoms with Gasteiger partial charge in [-0.1, -0.05) is 0 Å². The van der Waals surface area contributed by atoms with Crippen molar-refractivity contribution in [3.8, 4) is 17.1 Å². The van der Waals surface area contributed by atoms with Gasteiger partial charge in [0.2, 0.25) is 0 Å². The van der Waals surface area contributed by atoms with E-state index in [9.17, 15) is 9.90 Å². The van der Waals surface area contributed by atoms with Gasteiger partial charge in [-0.3, -0.25) is 4.79 Å². The summed E-state index contributed by atoms with van der Waals surface area (Å²) in [6.07, 6.45) is 0. The molecule has 1 aromatic carbocycles. The smallest absolute Gasteiger partial charge is 0.182 e. The molecule has 1 aliphatic carbocycles. The van der Waals surface area contributed by atoms with Gasteiger partial charge < -0.3 is 9.52 Å². The largest absolute Gasteiger partial charge is 0.508 e. The molecule has 0 unspecified atom stereocenters. The van der Waals surface area contributed by atoms with Gasteiger partial charge >= 0.3 is 0 Å². The first kappa shape index (κ1) is 8.97. The first-order valence-corrected chi connectivity index (χ1v) is 4.89. The fraction of sp³-hybridized carbons (Fsp3) is 0. The molecule has 1 aromatic rings. The lowest BCUT2D eigenvalue weighted by atomic mass is 10.1. The Balaban J connectivity index is 2.46. The van der Waals surface area contributed by atoms with E-state index in [2.05, 4.69) is 0 Å². The quantitative estimate of drug-likeness (QED) is 0.583. The Hall–Kier alpha value is -2.29. The van der Waals surface area contributed by atoms with Crippen LogP contribution in [0.2, 0.25) is 0 Å². The number of phenolic OH excluding ortho intramolecular Hbond substituents is 1. The number of phenols is 1. The summed E-state index contributed by atoms with van der Waals surface area (Å²) >= 11 is 0. The Bertz CT molecular complexity index is 697. The van der Waals surface area contributed by atoms with Crippen LogP contribution in [-0.2, 0) is 0 Å². The maximum absolute atomic E-state index is 11.2. The van der Waals surface area contributed by atoms with Gasteiger partial charge in [-0.05, 0) is 30.3 Å². The molecule has 1 heterocycles. The SMILES string of the molecule is O=c1ccc2cc3ccc(O)cc3oc-2c1. The first-order chi connectivity index (χ1) is 7.72. The number of rotatable bonds is 0. The molecule has 1 N–H and O–H groups in total. The average Bonchev–Trinajstić information content (AvgIpc) is 2.26. The molecule has 0 bridgehead atoms. The Morgan fingerprint density at radius 3 is 2.75 bits per heavy atom. The topological polar surface area (TPSA) is 50.4 Å². The normalized spacial score (nSPS) is 11.0. The second-order valence-corrected chi connectivity index (χ2v) is 3.67. The van der Waals surface area contributed by atoms with Crippen molar-refractivity contribution in [1.29, 1.82) is 0 Å². The van der Waals surface area contributed by atoms with E-state index in [1.807, 2.05) is 6.07 Å². The van der Waals surface area contributed by atoms with Gasteiger partial charge in [-0.15, -0.1) is 0 Å². The van der Waals surface area contributed by atoms with Crippen LogP contribution in [0.25, 0.3) is 22.3 Å². The van der Waals surface area contributed by atoms with Gasteiger partial charge in [0, 0.05) is 23.1 Å². The van der Waals surface area contributed by atoms with Crippen LogP contribution in [0.4, 0.5) is 0 Å². The van der Waals surface area contributed by atoms with E-state index < -0.39 is 0 Å². The van der Waals surface area contributed by atoms with Crippen LogP contribution in [0.1, 0.15) is 0 Å². The maximum atomic E-state index is 11.2. The molecule has 16 heavy (non-hydrogen) atoms. The van der Waals surface area contributed by atoms with Gasteiger partial charge in [0.25, 0.3) is 0 Å². The summed E-state index contributed by atoms with van der Waals surface area (Å²) in [4.78, 5) is 11.2. The molecule has 0 radical (unpaired) electrons. The highest BCUT2D eigenvalue weighted by molar-refractivity contribution is 5.83. The lowest BCUT2D eigenvalue weighted by Crippen LogP contribution is -1.97. The zero-order chi connectivity index (χ0) is 11.1. The van der Waals surface area contributed by atoms with E-state index in [1.54, 1.807) is 18.2 Å². The summed E-state index contributed by atoms with van der Waals surface area (Å²) in [5.74, 6) is 0.680. The lowest BCUT2D eigenvalue weighted by Gasteiger charge is -2.06. The summed E-state index contributed by atoms with van der Waals surface area (Å²) in [7, 11) is 0. The third-order valence-corrected chi connectivity index (χ3v) is 2.51. The molecule has 78 valence electrons. The molecule has 0 amide bonds. The number of hydrogen-bond donors (Lipinski definition) is 1. The van der Waals surface area contributed by atoms with E-state index >= 15 is 0 Å². The zero-order valence-electron chi connectivity index (χ0n) is 8.31. The lowest BCUT2D eigenvalue weighted by molar-refractivity contribution is 0.474. The molecule has 3 heteroatoms. The van der Waals surface area contributed by atoms with Crippen molar-refractivity contribution in [1.82, 2.24) is 0 Å². The van der Waals surface area contributed by atoms with Crippen molar-refractivity contribution < 1.29 is 9.52 Å². The Labute approximate surface area is 90.9 Å². The highest BCUT2D eigenvalue weighted by Gasteiger charge is 2.07. The van der Waals surface area contributed by atoms with Crippen LogP contribution in [0.5, 0.6) is 5.75 Å². The molecule has 0 saturated carbocycles. The fourth-order valence-electron chi connectivity index (χ4n) is 1.74. The summed E-state index contributed by atoms with van der Waals surface area (Å²) in [6.45, 7) is 0. The van der Waals surface area contributed by atoms with Crippen molar-refractivity contribution in [3.05, 3.63) is 52.7 Å². The second-order valence-electron chi connectivity index (χ2n) is 3.67. The summed E-state index contributed by atoms with van der Waals surface area (Å²) < 4.78 is 5.55. The molecule has 2 aliphatic rings. The minimum absolute atomic E-state index is 0.0873.